The van der Waals surface area contributed by atoms with Crippen molar-refractivity contribution >= 4 is 23.4 Å². The van der Waals surface area contributed by atoms with Gasteiger partial charge in [0.2, 0.25) is 0 Å². The fourth-order valence-corrected chi connectivity index (χ4v) is 0.441. The normalized spacial score (nSPS) is 8.50. The number of thiocarbonyl (C=S) groups is 1. The average molecular weight is 192 g/mol. The fourth-order valence-electron chi connectivity index (χ4n) is 0.390. The molecule has 70 valence electrons. The van der Waals surface area contributed by atoms with E-state index in [0.717, 1.165) is 0 Å². The zero-order valence-electron chi connectivity index (χ0n) is 6.68. The van der Waals surface area contributed by atoms with Crippen molar-refractivity contribution in [1.29, 1.82) is 0 Å². The Bertz CT molecular complexity index is 164. The van der Waals surface area contributed by atoms with Crippen molar-refractivity contribution in [3.8, 4) is 0 Å². The predicted molar refractivity (Wildman–Crippen MR) is 48.4 cm³/mol. The number of hydrogen-bond donors (Lipinski definition) is 5. The lowest BCUT2D eigenvalue weighted by Crippen LogP contribution is -2.50. The van der Waals surface area contributed by atoms with E-state index >= 15 is 0 Å². The second-order valence-corrected chi connectivity index (χ2v) is 2.22. The van der Waals surface area contributed by atoms with Crippen LogP contribution < -0.4 is 21.5 Å². The molecule has 0 rings (SSSR count). The van der Waals surface area contributed by atoms with Gasteiger partial charge in [-0.2, -0.15) is 0 Å². The number of aliphatic hydroxyl groups excluding tert-OH is 1. The number of aliphatic hydroxyl groups is 1. The summed E-state index contributed by atoms with van der Waals surface area (Å²) < 4.78 is 0. The fraction of sp³-hybridized carbons (Fsp3) is 0.600. The van der Waals surface area contributed by atoms with Crippen molar-refractivity contribution in [1.82, 2.24) is 21.5 Å². The summed E-state index contributed by atoms with van der Waals surface area (Å²) in [7, 11) is 1.63. The van der Waals surface area contributed by atoms with E-state index in [-0.39, 0.29) is 13.2 Å². The van der Waals surface area contributed by atoms with Crippen molar-refractivity contribution in [2.45, 2.75) is 0 Å². The minimum absolute atomic E-state index is 0.0934. The second-order valence-electron chi connectivity index (χ2n) is 1.81. The molecular weight excluding hydrogens is 180 g/mol. The van der Waals surface area contributed by atoms with Crippen molar-refractivity contribution in [3.05, 3.63) is 0 Å². The van der Waals surface area contributed by atoms with Gasteiger partial charge in [-0.25, -0.2) is 10.2 Å². The number of carbonyl (C=O) groups excluding carboxylic acids is 1. The van der Waals surface area contributed by atoms with Crippen LogP contribution in [-0.4, -0.2) is 36.4 Å². The minimum atomic E-state index is -0.443. The van der Waals surface area contributed by atoms with Gasteiger partial charge < -0.3 is 15.7 Å². The standard InChI is InChI=1S/C5H12N4O2S/c1-6-5(12)9-8-4(11)7-2-3-10/h10H,2-3H2,1H3,(H2,6,9,12)(H2,7,8,11). The van der Waals surface area contributed by atoms with E-state index in [1.54, 1.807) is 7.05 Å². The van der Waals surface area contributed by atoms with Crippen LogP contribution in [0.5, 0.6) is 0 Å². The molecule has 6 nitrogen and oxygen atoms in total. The molecule has 0 atom stereocenters. The Kier molecular flexibility index (Phi) is 6.02. The molecule has 0 radical (unpaired) electrons. The number of urea groups is 1. The van der Waals surface area contributed by atoms with Crippen LogP contribution in [0.4, 0.5) is 4.79 Å². The lowest BCUT2D eigenvalue weighted by atomic mass is 10.7. The number of carbonyl (C=O) groups is 1. The first-order chi connectivity index (χ1) is 5.70. The summed E-state index contributed by atoms with van der Waals surface area (Å²) in [5.74, 6) is 0. The summed E-state index contributed by atoms with van der Waals surface area (Å²) in [6, 6.07) is -0.443. The molecule has 7 heteroatoms. The van der Waals surface area contributed by atoms with Gasteiger partial charge in [0.25, 0.3) is 0 Å². The van der Waals surface area contributed by atoms with Gasteiger partial charge in [-0.1, -0.05) is 0 Å². The summed E-state index contributed by atoms with van der Waals surface area (Å²) in [5, 5.41) is 13.6. The van der Waals surface area contributed by atoms with Crippen molar-refractivity contribution in [3.63, 3.8) is 0 Å². The molecule has 0 bridgehead atoms. The molecule has 5 N–H and O–H groups in total. The van der Waals surface area contributed by atoms with E-state index in [9.17, 15) is 4.79 Å². The van der Waals surface area contributed by atoms with Crippen LogP contribution in [0.3, 0.4) is 0 Å². The third-order valence-electron chi connectivity index (χ3n) is 0.914. The second kappa shape index (κ2) is 6.62. The Morgan fingerprint density at radius 1 is 1.50 bits per heavy atom. The molecule has 2 amide bonds. The largest absolute Gasteiger partial charge is 0.395 e. The smallest absolute Gasteiger partial charge is 0.333 e. The van der Waals surface area contributed by atoms with E-state index in [4.69, 9.17) is 5.11 Å². The lowest BCUT2D eigenvalue weighted by Gasteiger charge is -2.08. The van der Waals surface area contributed by atoms with Crippen molar-refractivity contribution in [2.24, 2.45) is 0 Å². The molecule has 0 aliphatic heterocycles. The molecule has 0 saturated heterocycles. The van der Waals surface area contributed by atoms with Crippen LogP contribution in [0.15, 0.2) is 0 Å². The maximum absolute atomic E-state index is 10.7. The Balaban J connectivity index is 3.37. The molecule has 0 aromatic heterocycles. The maximum Gasteiger partial charge on any atom is 0.333 e. The highest BCUT2D eigenvalue weighted by molar-refractivity contribution is 7.80. The summed E-state index contributed by atoms with van der Waals surface area (Å²) in [6.45, 7) is 0.115. The Labute approximate surface area is 75.7 Å². The average Bonchev–Trinajstić information content (AvgIpc) is 2.10. The lowest BCUT2D eigenvalue weighted by molar-refractivity contribution is 0.232. The first kappa shape index (κ1) is 10.9. The number of hydrazine groups is 1. The van der Waals surface area contributed by atoms with Crippen molar-refractivity contribution < 1.29 is 9.90 Å². The zero-order valence-corrected chi connectivity index (χ0v) is 7.49. The van der Waals surface area contributed by atoms with E-state index in [1.165, 1.54) is 0 Å². The molecule has 0 aliphatic carbocycles. The van der Waals surface area contributed by atoms with E-state index in [1.807, 2.05) is 0 Å². The quantitative estimate of drug-likeness (QED) is 0.266. The van der Waals surface area contributed by atoms with Crippen LogP contribution in [-0.2, 0) is 0 Å². The third-order valence-corrected chi connectivity index (χ3v) is 1.22. The van der Waals surface area contributed by atoms with Crippen LogP contribution in [0.1, 0.15) is 0 Å². The number of nitrogens with one attached hydrogen (secondary N) is 4. The number of rotatable bonds is 2. The van der Waals surface area contributed by atoms with E-state index < -0.39 is 6.03 Å². The third kappa shape index (κ3) is 5.69. The Hall–Kier alpha value is -1.08. The van der Waals surface area contributed by atoms with Gasteiger partial charge in [-0.05, 0) is 12.2 Å². The summed E-state index contributed by atoms with van der Waals surface area (Å²) in [6.07, 6.45) is 0. The predicted octanol–water partition coefficient (Wildman–Crippen LogP) is -1.71. The molecule has 0 unspecified atom stereocenters. The highest BCUT2D eigenvalue weighted by Gasteiger charge is 1.97. The van der Waals surface area contributed by atoms with E-state index in [0.29, 0.717) is 5.11 Å². The van der Waals surface area contributed by atoms with Crippen LogP contribution in [0, 0.1) is 0 Å². The number of hydrogen-bond acceptors (Lipinski definition) is 3. The molecule has 12 heavy (non-hydrogen) atoms. The summed E-state index contributed by atoms with van der Waals surface area (Å²) in [5.41, 5.74) is 4.67. The van der Waals surface area contributed by atoms with Crippen LogP contribution >= 0.6 is 12.2 Å². The molecule has 0 spiro atoms. The molecule has 0 saturated carbocycles. The first-order valence-corrected chi connectivity index (χ1v) is 3.74. The summed E-state index contributed by atoms with van der Waals surface area (Å²) in [4.78, 5) is 10.7. The van der Waals surface area contributed by atoms with Crippen LogP contribution in [0.25, 0.3) is 0 Å². The van der Waals surface area contributed by atoms with Gasteiger partial charge >= 0.3 is 6.03 Å². The van der Waals surface area contributed by atoms with Crippen LogP contribution in [0.2, 0.25) is 0 Å². The van der Waals surface area contributed by atoms with Gasteiger partial charge in [-0.3, -0.25) is 5.43 Å². The highest BCUT2D eigenvalue weighted by atomic mass is 32.1. The van der Waals surface area contributed by atoms with E-state index in [2.05, 4.69) is 33.7 Å². The van der Waals surface area contributed by atoms with Gasteiger partial charge in [0.05, 0.1) is 6.61 Å². The van der Waals surface area contributed by atoms with Crippen molar-refractivity contribution in [2.75, 3.05) is 20.2 Å². The molecule has 0 aliphatic rings. The first-order valence-electron chi connectivity index (χ1n) is 3.33. The summed E-state index contributed by atoms with van der Waals surface area (Å²) >= 11 is 4.67. The Morgan fingerprint density at radius 2 is 2.17 bits per heavy atom. The monoisotopic (exact) mass is 192 g/mol. The minimum Gasteiger partial charge on any atom is -0.395 e. The topological polar surface area (TPSA) is 85.4 Å². The molecular formula is C5H12N4O2S. The van der Waals surface area contributed by atoms with Gasteiger partial charge in [0, 0.05) is 13.6 Å². The molecule has 0 fully saturated rings. The van der Waals surface area contributed by atoms with Gasteiger partial charge in [-0.15, -0.1) is 0 Å². The molecule has 0 aromatic rings. The molecule has 0 heterocycles. The molecule has 0 aromatic carbocycles. The zero-order chi connectivity index (χ0) is 9.40. The number of amides is 2. The van der Waals surface area contributed by atoms with Gasteiger partial charge in [0.1, 0.15) is 0 Å². The Morgan fingerprint density at radius 3 is 2.67 bits per heavy atom. The highest BCUT2D eigenvalue weighted by Crippen LogP contribution is 1.62. The maximum atomic E-state index is 10.7. The van der Waals surface area contributed by atoms with Gasteiger partial charge in [0.15, 0.2) is 5.11 Å². The SMILES string of the molecule is CNC(=S)NNC(=O)NCCO.